The lowest BCUT2D eigenvalue weighted by molar-refractivity contribution is -0.129. The van der Waals surface area contributed by atoms with E-state index < -0.39 is 10.0 Å². The number of nitrogens with one attached hydrogen (secondary N) is 2. The summed E-state index contributed by atoms with van der Waals surface area (Å²) in [6.45, 7) is 2.11. The fourth-order valence-electron chi connectivity index (χ4n) is 2.83. The Labute approximate surface area is 157 Å². The van der Waals surface area contributed by atoms with Gasteiger partial charge in [-0.3, -0.25) is 14.6 Å². The number of anilines is 1. The van der Waals surface area contributed by atoms with E-state index in [-0.39, 0.29) is 36.2 Å². The number of hydrogen-bond acceptors (Lipinski definition) is 5. The predicted molar refractivity (Wildman–Crippen MR) is 99.3 cm³/mol. The molecule has 8 nitrogen and oxygen atoms in total. The zero-order chi connectivity index (χ0) is 19.4. The van der Waals surface area contributed by atoms with Crippen molar-refractivity contribution in [2.75, 3.05) is 18.4 Å². The number of benzene rings is 1. The van der Waals surface area contributed by atoms with Crippen LogP contribution in [0.4, 0.5) is 5.69 Å². The van der Waals surface area contributed by atoms with Crippen LogP contribution in [0.3, 0.4) is 0 Å². The molecule has 0 saturated heterocycles. The van der Waals surface area contributed by atoms with Gasteiger partial charge in [0.1, 0.15) is 0 Å². The number of fused-ring (bicyclic) bond motifs is 1. The van der Waals surface area contributed by atoms with Crippen LogP contribution >= 0.6 is 0 Å². The lowest BCUT2D eigenvalue weighted by atomic mass is 10.2. The van der Waals surface area contributed by atoms with E-state index in [1.54, 1.807) is 29.4 Å². The number of rotatable bonds is 7. The van der Waals surface area contributed by atoms with E-state index in [9.17, 15) is 18.0 Å². The Balaban J connectivity index is 1.62. The van der Waals surface area contributed by atoms with Crippen LogP contribution in [0.15, 0.2) is 47.6 Å². The van der Waals surface area contributed by atoms with Gasteiger partial charge in [0.2, 0.25) is 21.8 Å². The molecule has 1 aromatic carbocycles. The number of sulfonamides is 1. The van der Waals surface area contributed by atoms with E-state index in [4.69, 9.17) is 0 Å². The lowest BCUT2D eigenvalue weighted by Gasteiger charge is -2.21. The Kier molecular flexibility index (Phi) is 5.52. The third-order valence-corrected chi connectivity index (χ3v) is 5.69. The zero-order valence-corrected chi connectivity index (χ0v) is 15.6. The molecule has 3 rings (SSSR count). The van der Waals surface area contributed by atoms with E-state index in [1.165, 1.54) is 19.1 Å². The Bertz CT molecular complexity index is 961. The molecule has 2 heterocycles. The summed E-state index contributed by atoms with van der Waals surface area (Å²) in [5, 5.41) is 2.67. The van der Waals surface area contributed by atoms with Crippen LogP contribution in [0.1, 0.15) is 18.1 Å². The van der Waals surface area contributed by atoms with Crippen molar-refractivity contribution in [2.24, 2.45) is 0 Å². The van der Waals surface area contributed by atoms with Gasteiger partial charge in [-0.1, -0.05) is 6.07 Å². The van der Waals surface area contributed by atoms with Gasteiger partial charge < -0.3 is 10.2 Å². The van der Waals surface area contributed by atoms with Crippen molar-refractivity contribution in [1.82, 2.24) is 14.6 Å². The van der Waals surface area contributed by atoms with Gasteiger partial charge in [0.15, 0.2) is 0 Å². The summed E-state index contributed by atoms with van der Waals surface area (Å²) in [6, 6.07) is 8.16. The predicted octanol–water partition coefficient (Wildman–Crippen LogP) is 0.903. The van der Waals surface area contributed by atoms with Gasteiger partial charge in [0, 0.05) is 44.6 Å². The van der Waals surface area contributed by atoms with Crippen LogP contribution in [0.2, 0.25) is 0 Å². The molecule has 2 amide bonds. The van der Waals surface area contributed by atoms with Crippen LogP contribution in [0.5, 0.6) is 0 Å². The maximum Gasteiger partial charge on any atom is 0.240 e. The molecule has 2 aromatic rings. The first-order valence-corrected chi connectivity index (χ1v) is 9.90. The molecule has 2 N–H and O–H groups in total. The van der Waals surface area contributed by atoms with Crippen molar-refractivity contribution in [2.45, 2.75) is 24.8 Å². The number of carbonyl (C=O) groups excluding carboxylic acids is 2. The Morgan fingerprint density at radius 3 is 2.85 bits per heavy atom. The van der Waals surface area contributed by atoms with Gasteiger partial charge in [-0.2, -0.15) is 0 Å². The summed E-state index contributed by atoms with van der Waals surface area (Å²) in [5.41, 5.74) is 2.16. The van der Waals surface area contributed by atoms with Gasteiger partial charge in [-0.25, -0.2) is 13.1 Å². The molecular formula is C18H20N4O4S. The summed E-state index contributed by atoms with van der Waals surface area (Å²) in [7, 11) is -3.73. The Morgan fingerprint density at radius 1 is 1.33 bits per heavy atom. The van der Waals surface area contributed by atoms with Gasteiger partial charge in [-0.05, 0) is 35.4 Å². The van der Waals surface area contributed by atoms with E-state index in [2.05, 4.69) is 15.0 Å². The maximum absolute atomic E-state index is 12.5. The number of amides is 2. The molecular weight excluding hydrogens is 368 g/mol. The molecule has 0 saturated carbocycles. The second kappa shape index (κ2) is 7.85. The summed E-state index contributed by atoms with van der Waals surface area (Å²) in [6.07, 6.45) is 3.48. The third kappa shape index (κ3) is 4.69. The summed E-state index contributed by atoms with van der Waals surface area (Å²) >= 11 is 0. The molecule has 0 fully saturated rings. The van der Waals surface area contributed by atoms with Crippen molar-refractivity contribution in [3.8, 4) is 0 Å². The molecule has 0 aliphatic carbocycles. The Hall–Kier alpha value is -2.78. The topological polar surface area (TPSA) is 108 Å². The highest BCUT2D eigenvalue weighted by atomic mass is 32.2. The smallest absolute Gasteiger partial charge is 0.240 e. The first kappa shape index (κ1) is 19.0. The van der Waals surface area contributed by atoms with Gasteiger partial charge in [-0.15, -0.1) is 0 Å². The molecule has 142 valence electrons. The van der Waals surface area contributed by atoms with Crippen LogP contribution in [0, 0.1) is 0 Å². The van der Waals surface area contributed by atoms with Crippen molar-refractivity contribution in [3.63, 3.8) is 0 Å². The van der Waals surface area contributed by atoms with Crippen LogP contribution in [-0.2, 0) is 32.6 Å². The molecule has 0 spiro atoms. The zero-order valence-electron chi connectivity index (χ0n) is 14.8. The SMILES string of the molecule is CC(=O)N(CCNS(=O)(=O)c1ccc2c(c1)CC(=O)N2)Cc1cccnc1. The summed E-state index contributed by atoms with van der Waals surface area (Å²) in [4.78, 5) is 28.9. The standard InChI is InChI=1S/C18H20N4O4S/c1-13(23)22(12-14-3-2-6-19-11-14)8-7-20-27(25,26)16-4-5-17-15(9-16)10-18(24)21-17/h2-6,9,11,20H,7-8,10,12H2,1H3,(H,21,24). The van der Waals surface area contributed by atoms with Crippen LogP contribution in [0.25, 0.3) is 0 Å². The fourth-order valence-corrected chi connectivity index (χ4v) is 3.90. The summed E-state index contributed by atoms with van der Waals surface area (Å²) in [5.74, 6) is -0.305. The first-order chi connectivity index (χ1) is 12.8. The maximum atomic E-state index is 12.5. The molecule has 0 radical (unpaired) electrons. The van der Waals surface area contributed by atoms with Gasteiger partial charge >= 0.3 is 0 Å². The number of aromatic nitrogens is 1. The minimum Gasteiger partial charge on any atom is -0.337 e. The second-order valence-electron chi connectivity index (χ2n) is 6.24. The van der Waals surface area contributed by atoms with Crippen LogP contribution < -0.4 is 10.0 Å². The third-order valence-electron chi connectivity index (χ3n) is 4.23. The second-order valence-corrected chi connectivity index (χ2v) is 8.01. The Morgan fingerprint density at radius 2 is 2.15 bits per heavy atom. The van der Waals surface area contributed by atoms with E-state index in [1.807, 2.05) is 6.07 Å². The van der Waals surface area contributed by atoms with Crippen molar-refractivity contribution < 1.29 is 18.0 Å². The highest BCUT2D eigenvalue weighted by Crippen LogP contribution is 2.25. The minimum atomic E-state index is -3.73. The number of hydrogen-bond donors (Lipinski definition) is 2. The van der Waals surface area contributed by atoms with Crippen LogP contribution in [-0.4, -0.2) is 43.2 Å². The van der Waals surface area contributed by atoms with Gasteiger partial charge in [0.05, 0.1) is 11.3 Å². The number of nitrogens with zero attached hydrogens (tertiary/aromatic N) is 2. The van der Waals surface area contributed by atoms with Crippen molar-refractivity contribution in [3.05, 3.63) is 53.9 Å². The number of pyridine rings is 1. The molecule has 27 heavy (non-hydrogen) atoms. The minimum absolute atomic E-state index is 0.0798. The number of carbonyl (C=O) groups is 2. The van der Waals surface area contributed by atoms with Crippen molar-refractivity contribution >= 4 is 27.5 Å². The molecule has 0 bridgehead atoms. The summed E-state index contributed by atoms with van der Waals surface area (Å²) < 4.78 is 27.5. The van der Waals surface area contributed by atoms with E-state index >= 15 is 0 Å². The molecule has 1 aromatic heterocycles. The quantitative estimate of drug-likeness (QED) is 0.733. The molecule has 9 heteroatoms. The largest absolute Gasteiger partial charge is 0.337 e. The van der Waals surface area contributed by atoms with E-state index in [0.717, 1.165) is 5.56 Å². The molecule has 0 unspecified atom stereocenters. The van der Waals surface area contributed by atoms with Gasteiger partial charge in [0.25, 0.3) is 0 Å². The highest BCUT2D eigenvalue weighted by Gasteiger charge is 2.22. The fraction of sp³-hybridized carbons (Fsp3) is 0.278. The molecule has 1 aliphatic heterocycles. The van der Waals surface area contributed by atoms with Crippen molar-refractivity contribution in [1.29, 1.82) is 0 Å². The molecule has 1 aliphatic rings. The molecule has 0 atom stereocenters. The monoisotopic (exact) mass is 388 g/mol. The van der Waals surface area contributed by atoms with E-state index in [0.29, 0.717) is 17.8 Å². The lowest BCUT2D eigenvalue weighted by Crippen LogP contribution is -2.37. The normalized spacial score (nSPS) is 13.1. The average molecular weight is 388 g/mol. The highest BCUT2D eigenvalue weighted by molar-refractivity contribution is 7.89. The average Bonchev–Trinajstić information content (AvgIpc) is 3.00. The first-order valence-electron chi connectivity index (χ1n) is 8.42.